The Morgan fingerprint density at radius 1 is 1.06 bits per heavy atom. The van der Waals surface area contributed by atoms with E-state index in [1.165, 1.54) is 24.0 Å². The molecule has 1 heterocycles. The third-order valence-corrected chi connectivity index (χ3v) is 3.48. The molecule has 0 aliphatic heterocycles. The highest BCUT2D eigenvalue weighted by Crippen LogP contribution is 2.13. The van der Waals surface area contributed by atoms with Gasteiger partial charge in [0.15, 0.2) is 9.84 Å². The summed E-state index contributed by atoms with van der Waals surface area (Å²) in [5, 5.41) is 1.17. The summed E-state index contributed by atoms with van der Waals surface area (Å²) >= 11 is 0. The van der Waals surface area contributed by atoms with E-state index < -0.39 is 9.84 Å². The molecular weight excluding hydrogens is 224 g/mol. The molecule has 2 aromatic rings. The molecule has 0 saturated heterocycles. The monoisotopic (exact) mass is 234 g/mol. The van der Waals surface area contributed by atoms with Crippen LogP contribution < -0.4 is 0 Å². The van der Waals surface area contributed by atoms with Crippen molar-refractivity contribution in [2.45, 2.75) is 4.90 Å². The first-order valence-electron chi connectivity index (χ1n) is 4.69. The topological polar surface area (TPSA) is 47.3 Å². The van der Waals surface area contributed by atoms with Crippen molar-refractivity contribution in [2.75, 3.05) is 0 Å². The molecule has 0 atom stereocenters. The van der Waals surface area contributed by atoms with Crippen molar-refractivity contribution in [3.63, 3.8) is 0 Å². The maximum absolute atomic E-state index is 11.8. The lowest BCUT2D eigenvalue weighted by molar-refractivity contribution is 0.567. The zero-order valence-corrected chi connectivity index (χ0v) is 9.22. The smallest absolute Gasteiger partial charge is 0.199 e. The van der Waals surface area contributed by atoms with Crippen molar-refractivity contribution in [3.05, 3.63) is 59.9 Å². The van der Waals surface area contributed by atoms with Gasteiger partial charge in [-0.15, -0.1) is 0 Å². The van der Waals surface area contributed by atoms with E-state index in [1.807, 2.05) is 0 Å². The van der Waals surface area contributed by atoms with Crippen LogP contribution in [0.5, 0.6) is 0 Å². The first kappa shape index (κ1) is 10.7. The van der Waals surface area contributed by atoms with Crippen molar-refractivity contribution >= 4 is 15.9 Å². The Labute approximate surface area is 93.9 Å². The van der Waals surface area contributed by atoms with Gasteiger partial charge in [-0.05, 0) is 24.3 Å². The van der Waals surface area contributed by atoms with Crippen molar-refractivity contribution in [1.82, 2.24) is 0 Å². The van der Waals surface area contributed by atoms with Gasteiger partial charge in [-0.25, -0.2) is 8.42 Å². The number of furan rings is 1. The SMILES string of the molecule is O=S(=O)(/C=C\c1ccoc1)c1ccccc1. The third-order valence-electron chi connectivity index (χ3n) is 2.05. The molecule has 0 aliphatic carbocycles. The van der Waals surface area contributed by atoms with Crippen molar-refractivity contribution < 1.29 is 12.8 Å². The van der Waals surface area contributed by atoms with Crippen LogP contribution in [0, 0.1) is 0 Å². The van der Waals surface area contributed by atoms with Crippen molar-refractivity contribution in [2.24, 2.45) is 0 Å². The summed E-state index contributed by atoms with van der Waals surface area (Å²) in [7, 11) is -3.36. The number of hydrogen-bond donors (Lipinski definition) is 0. The second-order valence-corrected chi connectivity index (χ2v) is 5.05. The Morgan fingerprint density at radius 3 is 2.44 bits per heavy atom. The first-order chi connectivity index (χ1) is 7.68. The summed E-state index contributed by atoms with van der Waals surface area (Å²) in [6.45, 7) is 0. The molecule has 16 heavy (non-hydrogen) atoms. The van der Waals surface area contributed by atoms with E-state index in [-0.39, 0.29) is 4.90 Å². The predicted octanol–water partition coefficient (Wildman–Crippen LogP) is 2.72. The van der Waals surface area contributed by atoms with Gasteiger partial charge >= 0.3 is 0 Å². The van der Waals surface area contributed by atoms with E-state index in [9.17, 15) is 8.42 Å². The molecule has 4 heteroatoms. The van der Waals surface area contributed by atoms with Crippen LogP contribution in [-0.4, -0.2) is 8.42 Å². The fourth-order valence-corrected chi connectivity index (χ4v) is 2.26. The summed E-state index contributed by atoms with van der Waals surface area (Å²) in [6.07, 6.45) is 4.48. The van der Waals surface area contributed by atoms with E-state index >= 15 is 0 Å². The molecule has 1 aromatic heterocycles. The summed E-state index contributed by atoms with van der Waals surface area (Å²) < 4.78 is 28.5. The fraction of sp³-hybridized carbons (Fsp3) is 0. The van der Waals surface area contributed by atoms with Gasteiger partial charge in [-0.1, -0.05) is 18.2 Å². The molecule has 0 radical (unpaired) electrons. The largest absolute Gasteiger partial charge is 0.472 e. The van der Waals surface area contributed by atoms with Crippen LogP contribution >= 0.6 is 0 Å². The summed E-state index contributed by atoms with van der Waals surface area (Å²) in [5.41, 5.74) is 0.722. The van der Waals surface area contributed by atoms with Crippen molar-refractivity contribution in [3.8, 4) is 0 Å². The number of benzene rings is 1. The Balaban J connectivity index is 2.28. The van der Waals surface area contributed by atoms with Crippen LogP contribution in [0.1, 0.15) is 5.56 Å². The van der Waals surface area contributed by atoms with Crippen LogP contribution in [0.4, 0.5) is 0 Å². The highest BCUT2D eigenvalue weighted by atomic mass is 32.2. The zero-order valence-electron chi connectivity index (χ0n) is 8.41. The van der Waals surface area contributed by atoms with Crippen LogP contribution in [-0.2, 0) is 9.84 Å². The minimum absolute atomic E-state index is 0.287. The molecule has 82 valence electrons. The van der Waals surface area contributed by atoms with Crippen molar-refractivity contribution in [1.29, 1.82) is 0 Å². The van der Waals surface area contributed by atoms with Crippen LogP contribution in [0.15, 0.2) is 63.6 Å². The lowest BCUT2D eigenvalue weighted by Crippen LogP contribution is -1.94. The van der Waals surface area contributed by atoms with E-state index in [2.05, 4.69) is 0 Å². The van der Waals surface area contributed by atoms with Crippen LogP contribution in [0.2, 0.25) is 0 Å². The van der Waals surface area contributed by atoms with Gasteiger partial charge in [0.2, 0.25) is 0 Å². The zero-order chi connectivity index (χ0) is 11.4. The molecule has 0 bridgehead atoms. The molecule has 0 saturated carbocycles. The third kappa shape index (κ3) is 2.41. The van der Waals surface area contributed by atoms with Crippen LogP contribution in [0.25, 0.3) is 6.08 Å². The normalized spacial score (nSPS) is 12.0. The Hall–Kier alpha value is -1.81. The molecule has 0 fully saturated rings. The van der Waals surface area contributed by atoms with Gasteiger partial charge in [-0.2, -0.15) is 0 Å². The average Bonchev–Trinajstić information content (AvgIpc) is 2.81. The van der Waals surface area contributed by atoms with Gasteiger partial charge in [0.1, 0.15) is 0 Å². The van der Waals surface area contributed by atoms with Gasteiger partial charge in [0.05, 0.1) is 17.4 Å². The molecule has 1 aromatic carbocycles. The molecule has 3 nitrogen and oxygen atoms in total. The molecule has 0 N–H and O–H groups in total. The molecule has 0 unspecified atom stereocenters. The highest BCUT2D eigenvalue weighted by Gasteiger charge is 2.08. The van der Waals surface area contributed by atoms with E-state index in [4.69, 9.17) is 4.42 Å². The van der Waals surface area contributed by atoms with E-state index in [1.54, 1.807) is 36.4 Å². The highest BCUT2D eigenvalue weighted by molar-refractivity contribution is 7.94. The number of rotatable bonds is 3. The summed E-state index contributed by atoms with van der Waals surface area (Å²) in [6, 6.07) is 9.98. The number of sulfone groups is 1. The van der Waals surface area contributed by atoms with Gasteiger partial charge < -0.3 is 4.42 Å². The predicted molar refractivity (Wildman–Crippen MR) is 61.4 cm³/mol. The van der Waals surface area contributed by atoms with Crippen LogP contribution in [0.3, 0.4) is 0 Å². The maximum atomic E-state index is 11.8. The minimum atomic E-state index is -3.36. The Morgan fingerprint density at radius 2 is 1.81 bits per heavy atom. The second-order valence-electron chi connectivity index (χ2n) is 3.22. The first-order valence-corrected chi connectivity index (χ1v) is 6.23. The lowest BCUT2D eigenvalue weighted by atomic mass is 10.3. The summed E-state index contributed by atoms with van der Waals surface area (Å²) in [5.74, 6) is 0. The fourth-order valence-electron chi connectivity index (χ4n) is 1.23. The minimum Gasteiger partial charge on any atom is -0.472 e. The lowest BCUT2D eigenvalue weighted by Gasteiger charge is -1.96. The molecule has 0 spiro atoms. The molecular formula is C12H10O3S. The molecule has 0 aliphatic rings. The van der Waals surface area contributed by atoms with Gasteiger partial charge in [0, 0.05) is 11.0 Å². The van der Waals surface area contributed by atoms with Gasteiger partial charge in [-0.3, -0.25) is 0 Å². The van der Waals surface area contributed by atoms with E-state index in [0.29, 0.717) is 0 Å². The maximum Gasteiger partial charge on any atom is 0.199 e. The van der Waals surface area contributed by atoms with Gasteiger partial charge in [0.25, 0.3) is 0 Å². The molecule has 0 amide bonds. The molecule has 2 rings (SSSR count). The Kier molecular flexibility index (Phi) is 2.92. The number of hydrogen-bond acceptors (Lipinski definition) is 3. The average molecular weight is 234 g/mol. The standard InChI is InChI=1S/C12H10O3S/c13-16(14,12-4-2-1-3-5-12)9-7-11-6-8-15-10-11/h1-10H/b9-7-. The second kappa shape index (κ2) is 4.37. The summed E-state index contributed by atoms with van der Waals surface area (Å²) in [4.78, 5) is 0.287. The Bertz CT molecular complexity index is 566. The quantitative estimate of drug-likeness (QED) is 0.820. The van der Waals surface area contributed by atoms with E-state index in [0.717, 1.165) is 5.56 Å².